The average Bonchev–Trinajstić information content (AvgIpc) is 2.72. The number of ether oxygens (including phenoxy) is 4. The van der Waals surface area contributed by atoms with Crippen LogP contribution in [0.2, 0.25) is 0 Å². The minimum Gasteiger partial charge on any atom is -0.497 e. The van der Waals surface area contributed by atoms with Crippen molar-refractivity contribution in [3.8, 4) is 11.5 Å². The molecule has 0 aliphatic heterocycles. The number of carbonyl (C=O) groups excluding carboxylic acids is 2. The third kappa shape index (κ3) is 6.02. The van der Waals surface area contributed by atoms with Crippen LogP contribution >= 0.6 is 0 Å². The number of rotatable bonds is 9. The summed E-state index contributed by atoms with van der Waals surface area (Å²) in [5, 5.41) is 0. The third-order valence-corrected chi connectivity index (χ3v) is 4.15. The van der Waals surface area contributed by atoms with Gasteiger partial charge in [-0.1, -0.05) is 24.3 Å². The van der Waals surface area contributed by atoms with E-state index >= 15 is 0 Å². The second-order valence-electron chi connectivity index (χ2n) is 5.89. The molecular formula is C21H24O6. The van der Waals surface area contributed by atoms with E-state index < -0.39 is 17.9 Å². The normalized spacial score (nSPS) is 10.4. The third-order valence-electron chi connectivity index (χ3n) is 4.15. The Morgan fingerprint density at radius 1 is 0.778 bits per heavy atom. The Bertz CT molecular complexity index is 720. The zero-order valence-electron chi connectivity index (χ0n) is 15.8. The van der Waals surface area contributed by atoms with Gasteiger partial charge in [0, 0.05) is 6.42 Å². The van der Waals surface area contributed by atoms with Gasteiger partial charge in [-0.25, -0.2) is 0 Å². The second-order valence-corrected chi connectivity index (χ2v) is 5.89. The fraction of sp³-hybridized carbons (Fsp3) is 0.333. The first-order valence-electron chi connectivity index (χ1n) is 8.57. The monoisotopic (exact) mass is 372 g/mol. The lowest BCUT2D eigenvalue weighted by Gasteiger charge is -2.13. The van der Waals surface area contributed by atoms with Crippen LogP contribution in [0.5, 0.6) is 11.5 Å². The van der Waals surface area contributed by atoms with E-state index in [0.29, 0.717) is 6.61 Å². The molecule has 27 heavy (non-hydrogen) atoms. The zero-order valence-corrected chi connectivity index (χ0v) is 15.8. The summed E-state index contributed by atoms with van der Waals surface area (Å²) in [4.78, 5) is 23.5. The number of hydrogen-bond acceptors (Lipinski definition) is 6. The fourth-order valence-corrected chi connectivity index (χ4v) is 2.58. The van der Waals surface area contributed by atoms with Crippen molar-refractivity contribution in [2.75, 3.05) is 27.9 Å². The lowest BCUT2D eigenvalue weighted by molar-refractivity contribution is -0.158. The molecular weight excluding hydrogens is 348 g/mol. The summed E-state index contributed by atoms with van der Waals surface area (Å²) in [6.45, 7) is 0.540. The molecule has 144 valence electrons. The first kappa shape index (κ1) is 20.3. The topological polar surface area (TPSA) is 71.1 Å². The van der Waals surface area contributed by atoms with Crippen LogP contribution in [0, 0.1) is 5.92 Å². The molecule has 0 N–H and O–H groups in total. The summed E-state index contributed by atoms with van der Waals surface area (Å²) < 4.78 is 20.2. The van der Waals surface area contributed by atoms with Gasteiger partial charge in [-0.2, -0.15) is 0 Å². The highest BCUT2D eigenvalue weighted by Gasteiger charge is 2.28. The van der Waals surface area contributed by atoms with Crippen LogP contribution in [-0.2, 0) is 31.9 Å². The first-order valence-corrected chi connectivity index (χ1v) is 8.57. The first-order chi connectivity index (χ1) is 13.1. The summed E-state index contributed by atoms with van der Waals surface area (Å²) >= 11 is 0. The summed E-state index contributed by atoms with van der Waals surface area (Å²) in [7, 11) is 4.14. The molecule has 0 spiro atoms. The minimum absolute atomic E-state index is 0.214. The largest absolute Gasteiger partial charge is 0.497 e. The van der Waals surface area contributed by atoms with Crippen LogP contribution in [0.15, 0.2) is 48.5 Å². The molecule has 6 heteroatoms. The molecule has 0 unspecified atom stereocenters. The van der Waals surface area contributed by atoms with Gasteiger partial charge in [0.25, 0.3) is 0 Å². The molecule has 6 nitrogen and oxygen atoms in total. The average molecular weight is 372 g/mol. The van der Waals surface area contributed by atoms with E-state index in [9.17, 15) is 9.59 Å². The number of carbonyl (C=O) groups is 2. The summed E-state index contributed by atoms with van der Waals surface area (Å²) in [5.41, 5.74) is 1.98. The van der Waals surface area contributed by atoms with Crippen molar-refractivity contribution in [3.05, 3.63) is 59.7 Å². The Morgan fingerprint density at radius 2 is 1.30 bits per heavy atom. The molecule has 0 amide bonds. The predicted octanol–water partition coefficient (Wildman–Crippen LogP) is 2.82. The van der Waals surface area contributed by atoms with Crippen molar-refractivity contribution < 1.29 is 28.5 Å². The molecule has 0 saturated heterocycles. The van der Waals surface area contributed by atoms with E-state index in [2.05, 4.69) is 9.47 Å². The molecule has 0 radical (unpaired) electrons. The number of methoxy groups -OCH3 is 3. The number of benzene rings is 2. The molecule has 0 bridgehead atoms. The molecule has 0 heterocycles. The van der Waals surface area contributed by atoms with Crippen LogP contribution in [0.25, 0.3) is 0 Å². The summed E-state index contributed by atoms with van der Waals surface area (Å²) in [6.07, 6.45) is 0.990. The van der Waals surface area contributed by atoms with Gasteiger partial charge in [-0.05, 0) is 41.8 Å². The predicted molar refractivity (Wildman–Crippen MR) is 99.9 cm³/mol. The molecule has 0 aliphatic rings. The van der Waals surface area contributed by atoms with Crippen molar-refractivity contribution in [1.82, 2.24) is 0 Å². The van der Waals surface area contributed by atoms with Crippen LogP contribution in [0.1, 0.15) is 11.1 Å². The van der Waals surface area contributed by atoms with Gasteiger partial charge in [0.15, 0.2) is 5.92 Å². The molecule has 2 rings (SSSR count). The highest BCUT2D eigenvalue weighted by molar-refractivity contribution is 5.95. The van der Waals surface area contributed by atoms with Gasteiger partial charge in [0.1, 0.15) is 11.5 Å². The van der Waals surface area contributed by atoms with E-state index in [-0.39, 0.29) is 6.42 Å². The van der Waals surface area contributed by atoms with Crippen molar-refractivity contribution in [3.63, 3.8) is 0 Å². The molecule has 0 saturated carbocycles. The number of hydrogen-bond donors (Lipinski definition) is 0. The van der Waals surface area contributed by atoms with Gasteiger partial charge in [-0.15, -0.1) is 0 Å². The SMILES string of the molecule is COC(=O)C(Cc1ccc(OCCc2ccc(OC)cc2)cc1)C(=O)OC. The molecule has 2 aromatic rings. The standard InChI is InChI=1S/C21H24O6/c1-24-17-8-4-15(5-9-17)12-13-27-18-10-6-16(7-11-18)14-19(20(22)25-2)21(23)26-3/h4-11,19H,12-14H2,1-3H3. The van der Waals surface area contributed by atoms with Crippen molar-refractivity contribution in [2.45, 2.75) is 12.8 Å². The Morgan fingerprint density at radius 3 is 1.81 bits per heavy atom. The van der Waals surface area contributed by atoms with Crippen LogP contribution in [-0.4, -0.2) is 39.9 Å². The van der Waals surface area contributed by atoms with E-state index in [4.69, 9.17) is 9.47 Å². The summed E-state index contributed by atoms with van der Waals surface area (Å²) in [5.74, 6) is -0.641. The summed E-state index contributed by atoms with van der Waals surface area (Å²) in [6, 6.07) is 15.1. The van der Waals surface area contributed by atoms with E-state index in [1.54, 1.807) is 7.11 Å². The Labute approximate surface area is 159 Å². The Balaban J connectivity index is 1.88. The van der Waals surface area contributed by atoms with Crippen LogP contribution in [0.3, 0.4) is 0 Å². The van der Waals surface area contributed by atoms with E-state index in [1.165, 1.54) is 14.2 Å². The quantitative estimate of drug-likeness (QED) is 0.498. The lowest BCUT2D eigenvalue weighted by Crippen LogP contribution is -2.28. The van der Waals surface area contributed by atoms with Crippen LogP contribution < -0.4 is 9.47 Å². The van der Waals surface area contributed by atoms with Crippen molar-refractivity contribution >= 4 is 11.9 Å². The zero-order chi connectivity index (χ0) is 19.6. The lowest BCUT2D eigenvalue weighted by atomic mass is 9.99. The Hall–Kier alpha value is -3.02. The molecule has 0 aliphatic carbocycles. The highest BCUT2D eigenvalue weighted by atomic mass is 16.5. The van der Waals surface area contributed by atoms with Gasteiger partial charge >= 0.3 is 11.9 Å². The maximum absolute atomic E-state index is 11.7. The van der Waals surface area contributed by atoms with E-state index in [0.717, 1.165) is 29.0 Å². The Kier molecular flexibility index (Phi) is 7.67. The molecule has 0 atom stereocenters. The van der Waals surface area contributed by atoms with Gasteiger partial charge in [-0.3, -0.25) is 9.59 Å². The van der Waals surface area contributed by atoms with Crippen LogP contribution in [0.4, 0.5) is 0 Å². The number of esters is 2. The van der Waals surface area contributed by atoms with Gasteiger partial charge in [0.2, 0.25) is 0 Å². The smallest absolute Gasteiger partial charge is 0.320 e. The van der Waals surface area contributed by atoms with Crippen molar-refractivity contribution in [1.29, 1.82) is 0 Å². The fourth-order valence-electron chi connectivity index (χ4n) is 2.58. The molecule has 2 aromatic carbocycles. The van der Waals surface area contributed by atoms with Gasteiger partial charge < -0.3 is 18.9 Å². The molecule has 0 aromatic heterocycles. The maximum atomic E-state index is 11.7. The maximum Gasteiger partial charge on any atom is 0.320 e. The highest BCUT2D eigenvalue weighted by Crippen LogP contribution is 2.18. The minimum atomic E-state index is -0.971. The van der Waals surface area contributed by atoms with E-state index in [1.807, 2.05) is 48.5 Å². The van der Waals surface area contributed by atoms with Gasteiger partial charge in [0.05, 0.1) is 27.9 Å². The second kappa shape index (κ2) is 10.2. The molecule has 0 fully saturated rings. The van der Waals surface area contributed by atoms with Crippen molar-refractivity contribution in [2.24, 2.45) is 5.92 Å².